The topological polar surface area (TPSA) is 156 Å². The molecular weight excluding hydrogens is 456 g/mol. The molecule has 2 bridgehead atoms. The first-order chi connectivity index (χ1) is 16.6. The molecule has 4 N–H and O–H groups in total. The van der Waals surface area contributed by atoms with Crippen molar-refractivity contribution in [3.63, 3.8) is 0 Å². The van der Waals surface area contributed by atoms with E-state index in [1.165, 1.54) is 9.80 Å². The zero-order valence-corrected chi connectivity index (χ0v) is 19.5. The minimum Gasteiger partial charge on any atom is -0.480 e. The molecule has 2 amide bonds. The molecule has 10 unspecified atom stereocenters. The van der Waals surface area contributed by atoms with E-state index in [1.54, 1.807) is 0 Å². The highest BCUT2D eigenvalue weighted by molar-refractivity contribution is 5.86. The number of hydrogen-bond acceptors (Lipinski definition) is 6. The molecule has 2 heterocycles. The fourth-order valence-corrected chi connectivity index (χ4v) is 10.7. The average Bonchev–Trinajstić information content (AvgIpc) is 3.53. The van der Waals surface area contributed by atoms with Crippen LogP contribution in [0.1, 0.15) is 44.9 Å². The Kier molecular flexibility index (Phi) is 4.26. The summed E-state index contributed by atoms with van der Waals surface area (Å²) in [5.74, 6) is -2.83. The molecule has 2 aliphatic heterocycles. The quantitative estimate of drug-likeness (QED) is 0.399. The molecule has 7 rings (SSSR count). The van der Waals surface area contributed by atoms with E-state index in [9.17, 15) is 39.6 Å². The van der Waals surface area contributed by atoms with Crippen LogP contribution in [0.15, 0.2) is 0 Å². The smallest absolute Gasteiger partial charge is 0.326 e. The van der Waals surface area contributed by atoms with Crippen molar-refractivity contribution in [3.05, 3.63) is 0 Å². The van der Waals surface area contributed by atoms with E-state index in [-0.39, 0.29) is 72.0 Å². The predicted molar refractivity (Wildman–Crippen MR) is 116 cm³/mol. The van der Waals surface area contributed by atoms with Crippen LogP contribution >= 0.6 is 0 Å². The van der Waals surface area contributed by atoms with Gasteiger partial charge in [-0.2, -0.15) is 0 Å². The molecule has 12 atom stereocenters. The highest BCUT2D eigenvalue weighted by atomic mass is 16.4. The van der Waals surface area contributed by atoms with E-state index in [2.05, 4.69) is 0 Å². The van der Waals surface area contributed by atoms with Gasteiger partial charge in [-0.1, -0.05) is 0 Å². The summed E-state index contributed by atoms with van der Waals surface area (Å²) in [6.07, 6.45) is 2.75. The molecule has 0 aromatic heterocycles. The predicted octanol–water partition coefficient (Wildman–Crippen LogP) is -0.232. The third-order valence-corrected chi connectivity index (χ3v) is 11.4. The van der Waals surface area contributed by atoms with Crippen LogP contribution in [0.5, 0.6) is 0 Å². The normalized spacial score (nSPS) is 51.9. The van der Waals surface area contributed by atoms with Gasteiger partial charge in [0.25, 0.3) is 0 Å². The van der Waals surface area contributed by atoms with Crippen LogP contribution < -0.4 is 0 Å². The molecular formula is C25H32N2O8. The zero-order valence-electron chi connectivity index (χ0n) is 19.5. The lowest BCUT2D eigenvalue weighted by atomic mass is 9.50. The standard InChI is InChI=1S/C25H32N2O8/c28-14(26-5-1-3-12(26)22(30)31)8-24(34)18-10-7-11-17-16(10)20(24)21(17)25(35,19(11)18)9-15(29)27-6-2-4-13(27)23(32)33/h10-13,16-21,34-35H,1-9H2,(H,30,31)(H,32,33)/t10?,11?,12-,13-,16?,17?,18?,19?,20?,21?,24?,25?/m0/s1. The molecule has 7 aliphatic rings. The third-order valence-electron chi connectivity index (χ3n) is 11.4. The summed E-state index contributed by atoms with van der Waals surface area (Å²) in [4.78, 5) is 52.5. The van der Waals surface area contributed by atoms with Crippen molar-refractivity contribution in [2.24, 2.45) is 47.3 Å². The molecule has 5 aliphatic carbocycles. The van der Waals surface area contributed by atoms with Crippen molar-refractivity contribution in [1.82, 2.24) is 9.80 Å². The van der Waals surface area contributed by atoms with Gasteiger partial charge in [-0.15, -0.1) is 0 Å². The van der Waals surface area contributed by atoms with Crippen LogP contribution in [0.4, 0.5) is 0 Å². The van der Waals surface area contributed by atoms with Crippen LogP contribution in [0.3, 0.4) is 0 Å². The maximum absolute atomic E-state index is 13.3. The fraction of sp³-hybridized carbons (Fsp3) is 0.840. The summed E-state index contributed by atoms with van der Waals surface area (Å²) in [6.45, 7) is 0.760. The van der Waals surface area contributed by atoms with Crippen molar-refractivity contribution < 1.29 is 39.6 Å². The Balaban J connectivity index is 1.15. The SMILES string of the molecule is O=C(O)[C@@H]1CCCN1C(=O)CC1(O)C2C3CC4C5C3C1C5C(O)(CC(=O)N1CCC[C@H]1C(=O)O)C42. The van der Waals surface area contributed by atoms with Gasteiger partial charge in [0, 0.05) is 13.1 Å². The number of carboxylic acid groups (broad SMARTS) is 2. The number of rotatable bonds is 6. The molecule has 10 heteroatoms. The molecule has 2 saturated heterocycles. The van der Waals surface area contributed by atoms with Crippen LogP contribution in [0.25, 0.3) is 0 Å². The number of hydrogen-bond donors (Lipinski definition) is 4. The molecule has 0 aromatic rings. The fourth-order valence-electron chi connectivity index (χ4n) is 10.7. The summed E-state index contributed by atoms with van der Waals surface area (Å²) in [7, 11) is 0. The van der Waals surface area contributed by atoms with Crippen LogP contribution in [0.2, 0.25) is 0 Å². The summed E-state index contributed by atoms with van der Waals surface area (Å²) in [5, 5.41) is 43.1. The zero-order chi connectivity index (χ0) is 24.6. The number of likely N-dealkylation sites (tertiary alicyclic amines) is 2. The maximum atomic E-state index is 13.3. The first kappa shape index (κ1) is 22.0. The number of aliphatic carboxylic acids is 2. The Morgan fingerprint density at radius 2 is 1.09 bits per heavy atom. The molecule has 0 radical (unpaired) electrons. The van der Waals surface area contributed by atoms with Gasteiger partial charge in [-0.3, -0.25) is 9.59 Å². The van der Waals surface area contributed by atoms with Gasteiger partial charge in [0.05, 0.1) is 24.0 Å². The average molecular weight is 489 g/mol. The second-order valence-corrected chi connectivity index (χ2v) is 12.3. The van der Waals surface area contributed by atoms with Gasteiger partial charge in [-0.25, -0.2) is 9.59 Å². The second kappa shape index (κ2) is 6.76. The summed E-state index contributed by atoms with van der Waals surface area (Å²) in [5.41, 5.74) is -2.55. The highest BCUT2D eigenvalue weighted by Gasteiger charge is 2.90. The largest absolute Gasteiger partial charge is 0.480 e. The van der Waals surface area contributed by atoms with Gasteiger partial charge in [0.1, 0.15) is 12.1 Å². The molecule has 35 heavy (non-hydrogen) atoms. The van der Waals surface area contributed by atoms with Crippen molar-refractivity contribution >= 4 is 23.8 Å². The van der Waals surface area contributed by atoms with Gasteiger partial charge < -0.3 is 30.2 Å². The van der Waals surface area contributed by atoms with Crippen molar-refractivity contribution in [2.45, 2.75) is 68.2 Å². The van der Waals surface area contributed by atoms with Crippen molar-refractivity contribution in [2.75, 3.05) is 13.1 Å². The Hall–Kier alpha value is -2.20. The van der Waals surface area contributed by atoms with Gasteiger partial charge in [0.15, 0.2) is 0 Å². The van der Waals surface area contributed by atoms with E-state index in [0.717, 1.165) is 6.42 Å². The monoisotopic (exact) mass is 488 g/mol. The van der Waals surface area contributed by atoms with Crippen molar-refractivity contribution in [1.29, 1.82) is 0 Å². The van der Waals surface area contributed by atoms with Gasteiger partial charge in [-0.05, 0) is 79.4 Å². The lowest BCUT2D eigenvalue weighted by Crippen LogP contribution is -2.66. The molecule has 0 spiro atoms. The minimum absolute atomic E-state index is 0.122. The van der Waals surface area contributed by atoms with Crippen LogP contribution in [-0.4, -0.2) is 90.4 Å². The van der Waals surface area contributed by atoms with E-state index in [1.807, 2.05) is 0 Å². The molecule has 0 aromatic carbocycles. The Labute approximate surface area is 202 Å². The number of carbonyl (C=O) groups is 4. The maximum Gasteiger partial charge on any atom is 0.326 e. The number of amides is 2. The summed E-state index contributed by atoms with van der Waals surface area (Å²) < 4.78 is 0. The van der Waals surface area contributed by atoms with E-state index in [0.29, 0.717) is 38.8 Å². The summed E-state index contributed by atoms with van der Waals surface area (Å²) in [6, 6.07) is -1.69. The Morgan fingerprint density at radius 1 is 0.686 bits per heavy atom. The first-order valence-electron chi connectivity index (χ1n) is 13.1. The number of carboxylic acids is 2. The summed E-state index contributed by atoms with van der Waals surface area (Å²) >= 11 is 0. The number of fused-ring (bicyclic) bond motifs is 2. The molecule has 10 nitrogen and oxygen atoms in total. The highest BCUT2D eigenvalue weighted by Crippen LogP contribution is 2.88. The van der Waals surface area contributed by atoms with E-state index < -0.39 is 35.2 Å². The molecule has 7 fully saturated rings. The van der Waals surface area contributed by atoms with E-state index in [4.69, 9.17) is 0 Å². The first-order valence-corrected chi connectivity index (χ1v) is 13.1. The van der Waals surface area contributed by atoms with Crippen LogP contribution in [0, 0.1) is 47.3 Å². The number of nitrogens with zero attached hydrogens (tertiary/aromatic N) is 2. The van der Waals surface area contributed by atoms with Crippen molar-refractivity contribution in [3.8, 4) is 0 Å². The molecule has 5 saturated carbocycles. The van der Waals surface area contributed by atoms with Crippen LogP contribution in [-0.2, 0) is 19.2 Å². The number of carbonyl (C=O) groups excluding carboxylic acids is 2. The lowest BCUT2D eigenvalue weighted by molar-refractivity contribution is -0.221. The van der Waals surface area contributed by atoms with Gasteiger partial charge >= 0.3 is 11.9 Å². The lowest BCUT2D eigenvalue weighted by Gasteiger charge is -2.57. The Bertz CT molecular complexity index is 964. The number of aliphatic hydroxyl groups is 2. The second-order valence-electron chi connectivity index (χ2n) is 12.3. The van der Waals surface area contributed by atoms with E-state index >= 15 is 0 Å². The van der Waals surface area contributed by atoms with Gasteiger partial charge in [0.2, 0.25) is 11.8 Å². The Morgan fingerprint density at radius 3 is 1.46 bits per heavy atom. The molecule has 190 valence electrons. The third kappa shape index (κ3) is 2.43. The minimum atomic E-state index is -1.28.